The Kier molecular flexibility index (Phi) is 5.45. The molecule has 2 aromatic carbocycles. The average molecular weight is 339 g/mol. The molecule has 3 atom stereocenters. The topological polar surface area (TPSA) is 43.7 Å². The molecule has 0 saturated carbocycles. The molecule has 0 aromatic heterocycles. The van der Waals surface area contributed by atoms with Gasteiger partial charge >= 0.3 is 0 Å². The molecule has 3 rings (SSSR count). The van der Waals surface area contributed by atoms with Crippen LogP contribution < -0.4 is 0 Å². The van der Waals surface area contributed by atoms with Crippen LogP contribution in [-0.4, -0.2) is 34.7 Å². The first-order chi connectivity index (χ1) is 12.0. The average Bonchev–Trinajstić information content (AvgIpc) is 2.63. The molecule has 3 nitrogen and oxygen atoms in total. The van der Waals surface area contributed by atoms with Crippen LogP contribution in [0.2, 0.25) is 0 Å². The van der Waals surface area contributed by atoms with E-state index in [1.165, 1.54) is 5.56 Å². The summed E-state index contributed by atoms with van der Waals surface area (Å²) in [4.78, 5) is 2.46. The Morgan fingerprint density at radius 2 is 1.92 bits per heavy atom. The maximum atomic E-state index is 10.4. The van der Waals surface area contributed by atoms with E-state index in [-0.39, 0.29) is 5.41 Å². The molecule has 0 bridgehead atoms. The van der Waals surface area contributed by atoms with Crippen LogP contribution in [0.15, 0.2) is 54.6 Å². The van der Waals surface area contributed by atoms with Crippen LogP contribution in [0.4, 0.5) is 0 Å². The van der Waals surface area contributed by atoms with Crippen LogP contribution in [0.3, 0.4) is 0 Å². The Labute approximate surface area is 150 Å². The first-order valence-corrected chi connectivity index (χ1v) is 9.24. The van der Waals surface area contributed by atoms with Gasteiger partial charge in [0.1, 0.15) is 5.75 Å². The maximum Gasteiger partial charge on any atom is 0.115 e. The van der Waals surface area contributed by atoms with Crippen LogP contribution in [0.25, 0.3) is 0 Å². The fourth-order valence-electron chi connectivity index (χ4n) is 3.96. The summed E-state index contributed by atoms with van der Waals surface area (Å²) in [5.41, 5.74) is 2.31. The minimum Gasteiger partial charge on any atom is -0.508 e. The number of aliphatic hydroxyl groups is 1. The van der Waals surface area contributed by atoms with E-state index < -0.39 is 6.10 Å². The summed E-state index contributed by atoms with van der Waals surface area (Å²) >= 11 is 0. The van der Waals surface area contributed by atoms with E-state index in [1.807, 2.05) is 42.5 Å². The zero-order chi connectivity index (χ0) is 17.9. The zero-order valence-corrected chi connectivity index (χ0v) is 15.2. The van der Waals surface area contributed by atoms with E-state index in [1.54, 1.807) is 6.07 Å². The number of likely N-dealkylation sites (tertiary alicyclic amines) is 1. The highest BCUT2D eigenvalue weighted by molar-refractivity contribution is 5.33. The van der Waals surface area contributed by atoms with Crippen LogP contribution in [0.5, 0.6) is 5.75 Å². The highest BCUT2D eigenvalue weighted by atomic mass is 16.3. The molecule has 1 aliphatic rings. The molecule has 2 aromatic rings. The monoisotopic (exact) mass is 339 g/mol. The highest BCUT2D eigenvalue weighted by Crippen LogP contribution is 2.40. The number of hydrogen-bond donors (Lipinski definition) is 2. The molecule has 1 heterocycles. The number of aromatic hydroxyl groups is 1. The largest absolute Gasteiger partial charge is 0.508 e. The predicted molar refractivity (Wildman–Crippen MR) is 102 cm³/mol. The number of rotatable bonds is 5. The Morgan fingerprint density at radius 3 is 2.60 bits per heavy atom. The van der Waals surface area contributed by atoms with Crippen molar-refractivity contribution in [3.05, 3.63) is 65.7 Å². The first-order valence-electron chi connectivity index (χ1n) is 9.24. The molecule has 0 aliphatic carbocycles. The van der Waals surface area contributed by atoms with Crippen molar-refractivity contribution in [3.8, 4) is 5.75 Å². The van der Waals surface area contributed by atoms with Crippen molar-refractivity contribution in [1.82, 2.24) is 4.90 Å². The van der Waals surface area contributed by atoms with Crippen molar-refractivity contribution in [3.63, 3.8) is 0 Å². The van der Waals surface area contributed by atoms with E-state index in [0.29, 0.717) is 11.7 Å². The molecule has 3 heteroatoms. The first kappa shape index (κ1) is 18.0. The number of benzene rings is 2. The van der Waals surface area contributed by atoms with Gasteiger partial charge in [0.2, 0.25) is 0 Å². The summed E-state index contributed by atoms with van der Waals surface area (Å²) in [6, 6.07) is 17.6. The number of hydrogen-bond acceptors (Lipinski definition) is 3. The Balaban J connectivity index is 1.58. The van der Waals surface area contributed by atoms with E-state index in [4.69, 9.17) is 0 Å². The van der Waals surface area contributed by atoms with Crippen LogP contribution >= 0.6 is 0 Å². The summed E-state index contributed by atoms with van der Waals surface area (Å²) in [6.07, 6.45) is 1.44. The molecule has 1 unspecified atom stereocenters. The quantitative estimate of drug-likeness (QED) is 0.861. The van der Waals surface area contributed by atoms with Crippen molar-refractivity contribution in [2.75, 3.05) is 19.6 Å². The molecule has 1 fully saturated rings. The lowest BCUT2D eigenvalue weighted by Gasteiger charge is -2.45. The van der Waals surface area contributed by atoms with Gasteiger partial charge in [0, 0.05) is 13.1 Å². The van der Waals surface area contributed by atoms with E-state index in [0.717, 1.165) is 38.0 Å². The number of piperidine rings is 1. The third-order valence-corrected chi connectivity index (χ3v) is 5.98. The molecule has 1 aliphatic heterocycles. The Bertz CT molecular complexity index is 687. The number of aliphatic hydroxyl groups excluding tert-OH is 1. The van der Waals surface area contributed by atoms with Crippen LogP contribution in [0, 0.1) is 5.92 Å². The van der Waals surface area contributed by atoms with Crippen molar-refractivity contribution >= 4 is 0 Å². The summed E-state index contributed by atoms with van der Waals surface area (Å²) in [7, 11) is 0. The molecule has 0 radical (unpaired) electrons. The lowest BCUT2D eigenvalue weighted by atomic mass is 9.68. The van der Waals surface area contributed by atoms with Gasteiger partial charge in [-0.2, -0.15) is 0 Å². The Hall–Kier alpha value is -1.84. The second kappa shape index (κ2) is 7.59. The van der Waals surface area contributed by atoms with E-state index in [9.17, 15) is 10.2 Å². The predicted octanol–water partition coefficient (Wildman–Crippen LogP) is 4.12. The molecule has 25 heavy (non-hydrogen) atoms. The van der Waals surface area contributed by atoms with Gasteiger partial charge in [-0.05, 0) is 54.0 Å². The van der Waals surface area contributed by atoms with Crippen LogP contribution in [0.1, 0.15) is 43.9 Å². The van der Waals surface area contributed by atoms with Gasteiger partial charge in [-0.15, -0.1) is 0 Å². The van der Waals surface area contributed by atoms with Gasteiger partial charge < -0.3 is 15.1 Å². The van der Waals surface area contributed by atoms with E-state index in [2.05, 4.69) is 24.8 Å². The van der Waals surface area contributed by atoms with Crippen molar-refractivity contribution < 1.29 is 10.2 Å². The molecule has 134 valence electrons. The fourth-order valence-corrected chi connectivity index (χ4v) is 3.96. The minimum atomic E-state index is -0.393. The lowest BCUT2D eigenvalue weighted by Crippen LogP contribution is -2.47. The summed E-state index contributed by atoms with van der Waals surface area (Å²) < 4.78 is 0. The molecule has 0 spiro atoms. The third-order valence-electron chi connectivity index (χ3n) is 5.98. The second-order valence-electron chi connectivity index (χ2n) is 7.63. The summed E-state index contributed by atoms with van der Waals surface area (Å²) in [6.45, 7) is 7.56. The minimum absolute atomic E-state index is 0.0906. The van der Waals surface area contributed by atoms with Gasteiger partial charge in [-0.3, -0.25) is 0 Å². The highest BCUT2D eigenvalue weighted by Gasteiger charge is 2.38. The second-order valence-corrected chi connectivity index (χ2v) is 7.63. The van der Waals surface area contributed by atoms with Gasteiger partial charge in [-0.25, -0.2) is 0 Å². The Morgan fingerprint density at radius 1 is 1.16 bits per heavy atom. The normalized spacial score (nSPS) is 25.6. The number of phenols is 1. The number of nitrogens with zero attached hydrogens (tertiary/aromatic N) is 1. The van der Waals surface area contributed by atoms with Crippen molar-refractivity contribution in [2.24, 2.45) is 5.92 Å². The van der Waals surface area contributed by atoms with Crippen molar-refractivity contribution in [1.29, 1.82) is 0 Å². The van der Waals surface area contributed by atoms with Gasteiger partial charge in [0.05, 0.1) is 6.10 Å². The summed E-state index contributed by atoms with van der Waals surface area (Å²) in [5.74, 6) is 0.844. The summed E-state index contributed by atoms with van der Waals surface area (Å²) in [5, 5.41) is 20.2. The molecule has 0 amide bonds. The van der Waals surface area contributed by atoms with Gasteiger partial charge in [-0.1, -0.05) is 56.3 Å². The number of phenolic OH excluding ortho intramolecular Hbond substituents is 1. The zero-order valence-electron chi connectivity index (χ0n) is 15.2. The van der Waals surface area contributed by atoms with E-state index >= 15 is 0 Å². The SMILES string of the molecule is C[C@H]1CN(CCC(O)c2ccccc2)CC[C@@]1(C)c1cccc(O)c1. The lowest BCUT2D eigenvalue weighted by molar-refractivity contribution is 0.0868. The van der Waals surface area contributed by atoms with Gasteiger partial charge in [0.25, 0.3) is 0 Å². The van der Waals surface area contributed by atoms with Gasteiger partial charge in [0.15, 0.2) is 0 Å². The fraction of sp³-hybridized carbons (Fsp3) is 0.455. The maximum absolute atomic E-state index is 10.4. The van der Waals surface area contributed by atoms with Crippen LogP contribution in [-0.2, 0) is 5.41 Å². The van der Waals surface area contributed by atoms with Crippen molar-refractivity contribution in [2.45, 2.75) is 38.2 Å². The third kappa shape index (κ3) is 4.05. The molecule has 2 N–H and O–H groups in total. The molecular weight excluding hydrogens is 310 g/mol. The molecular formula is C22H29NO2. The standard InChI is InChI=1S/C22H29NO2/c1-17-16-23(13-11-21(25)18-7-4-3-5-8-18)14-12-22(17,2)19-9-6-10-20(24)15-19/h3-10,15,17,21,24-25H,11-14,16H2,1-2H3/t17-,21?,22+/m0/s1. The smallest absolute Gasteiger partial charge is 0.115 e. The molecule has 1 saturated heterocycles.